The molecule has 1 unspecified atom stereocenters. The molecule has 2 aliphatic rings. The number of amides is 2. The maximum atomic E-state index is 13.4. The van der Waals surface area contributed by atoms with Crippen LogP contribution in [0, 0.1) is 17.6 Å². The lowest BCUT2D eigenvalue weighted by Gasteiger charge is -2.20. The monoisotopic (exact) mass is 414 g/mol. The molecule has 0 aromatic heterocycles. The zero-order chi connectivity index (χ0) is 20.9. The summed E-state index contributed by atoms with van der Waals surface area (Å²) in [5.74, 6) is -1.36. The predicted molar refractivity (Wildman–Crippen MR) is 115 cm³/mol. The van der Waals surface area contributed by atoms with Gasteiger partial charge in [0.15, 0.2) is 11.6 Å². The van der Waals surface area contributed by atoms with Crippen LogP contribution in [0.1, 0.15) is 18.4 Å². The smallest absolute Gasteiger partial charge is 0.314 e. The molecule has 1 atom stereocenters. The van der Waals surface area contributed by atoms with Crippen LogP contribution in [-0.2, 0) is 6.42 Å². The van der Waals surface area contributed by atoms with E-state index in [0.717, 1.165) is 51.5 Å². The van der Waals surface area contributed by atoms with Crippen molar-refractivity contribution in [1.29, 1.82) is 0 Å². The lowest BCUT2D eigenvalue weighted by Crippen LogP contribution is -2.40. The number of urea groups is 1. The highest BCUT2D eigenvalue weighted by atomic mass is 19.2. The Morgan fingerprint density at radius 3 is 2.80 bits per heavy atom. The van der Waals surface area contributed by atoms with Crippen LogP contribution in [0.5, 0.6) is 0 Å². The van der Waals surface area contributed by atoms with E-state index in [9.17, 15) is 13.6 Å². The van der Waals surface area contributed by atoms with Crippen molar-refractivity contribution in [3.63, 3.8) is 0 Å². The number of halogens is 2. The molecule has 30 heavy (non-hydrogen) atoms. The van der Waals surface area contributed by atoms with Gasteiger partial charge in [0.05, 0.1) is 0 Å². The second-order valence-electron chi connectivity index (χ2n) is 8.06. The number of para-hydroxylation sites is 1. The van der Waals surface area contributed by atoms with Crippen molar-refractivity contribution in [2.75, 3.05) is 49.1 Å². The summed E-state index contributed by atoms with van der Waals surface area (Å²) in [6, 6.07) is 12.3. The van der Waals surface area contributed by atoms with E-state index < -0.39 is 11.6 Å². The summed E-state index contributed by atoms with van der Waals surface area (Å²) in [7, 11) is 0. The summed E-state index contributed by atoms with van der Waals surface area (Å²) in [5.41, 5.74) is 3.40. The third-order valence-electron chi connectivity index (χ3n) is 5.98. The van der Waals surface area contributed by atoms with Crippen molar-refractivity contribution < 1.29 is 13.6 Å². The van der Waals surface area contributed by atoms with Gasteiger partial charge in [-0.2, -0.15) is 0 Å². The van der Waals surface area contributed by atoms with Crippen LogP contribution in [0.3, 0.4) is 0 Å². The summed E-state index contributed by atoms with van der Waals surface area (Å²) in [5, 5.41) is 5.87. The number of carbonyl (C=O) groups is 1. The fourth-order valence-electron chi connectivity index (χ4n) is 4.33. The van der Waals surface area contributed by atoms with Crippen LogP contribution in [0.2, 0.25) is 0 Å². The first kappa shape index (κ1) is 20.4. The van der Waals surface area contributed by atoms with E-state index in [4.69, 9.17) is 0 Å². The van der Waals surface area contributed by atoms with E-state index in [1.165, 1.54) is 17.3 Å². The van der Waals surface area contributed by atoms with Crippen molar-refractivity contribution in [2.24, 2.45) is 5.92 Å². The SMILES string of the molecule is O=C(NCCCN1CCc2ccccc21)NCC1CCN(c2ccc(F)c(F)c2)C1. The highest BCUT2D eigenvalue weighted by Gasteiger charge is 2.24. The van der Waals surface area contributed by atoms with E-state index in [-0.39, 0.29) is 6.03 Å². The number of nitrogens with zero attached hydrogens (tertiary/aromatic N) is 2. The minimum atomic E-state index is -0.832. The molecule has 2 aliphatic heterocycles. The van der Waals surface area contributed by atoms with Crippen LogP contribution in [-0.4, -0.2) is 45.3 Å². The van der Waals surface area contributed by atoms with E-state index in [2.05, 4.69) is 39.8 Å². The van der Waals surface area contributed by atoms with Crippen LogP contribution in [0.4, 0.5) is 25.0 Å². The van der Waals surface area contributed by atoms with Crippen LogP contribution >= 0.6 is 0 Å². The highest BCUT2D eigenvalue weighted by Crippen LogP contribution is 2.27. The van der Waals surface area contributed by atoms with Gasteiger partial charge in [-0.25, -0.2) is 13.6 Å². The van der Waals surface area contributed by atoms with E-state index in [1.54, 1.807) is 6.07 Å². The Morgan fingerprint density at radius 2 is 1.93 bits per heavy atom. The van der Waals surface area contributed by atoms with Crippen LogP contribution < -0.4 is 20.4 Å². The van der Waals surface area contributed by atoms with Gasteiger partial charge in [-0.05, 0) is 48.9 Å². The fraction of sp³-hybridized carbons (Fsp3) is 0.435. The van der Waals surface area contributed by atoms with Gasteiger partial charge in [0, 0.05) is 56.7 Å². The molecule has 0 spiro atoms. The van der Waals surface area contributed by atoms with Crippen LogP contribution in [0.25, 0.3) is 0 Å². The standard InChI is InChI=1S/C23H28F2N4O/c24-20-7-6-19(14-21(20)25)29-12-8-17(16-29)15-27-23(30)26-10-3-11-28-13-9-18-4-1-2-5-22(18)28/h1-2,4-7,14,17H,3,8-13,15-16H2,(H2,26,27,30). The molecule has 1 fully saturated rings. The zero-order valence-electron chi connectivity index (χ0n) is 17.0. The maximum Gasteiger partial charge on any atom is 0.314 e. The molecule has 0 bridgehead atoms. The van der Waals surface area contributed by atoms with Crippen molar-refractivity contribution >= 4 is 17.4 Å². The average molecular weight is 415 g/mol. The van der Waals surface area contributed by atoms with Gasteiger partial charge in [-0.1, -0.05) is 18.2 Å². The average Bonchev–Trinajstić information content (AvgIpc) is 3.39. The Morgan fingerprint density at radius 1 is 1.07 bits per heavy atom. The number of fused-ring (bicyclic) bond motifs is 1. The van der Waals surface area contributed by atoms with E-state index in [1.807, 2.05) is 4.90 Å². The second kappa shape index (κ2) is 9.32. The number of hydrogen-bond acceptors (Lipinski definition) is 3. The molecule has 7 heteroatoms. The molecule has 2 amide bonds. The van der Waals surface area contributed by atoms with Gasteiger partial charge < -0.3 is 20.4 Å². The summed E-state index contributed by atoms with van der Waals surface area (Å²) in [4.78, 5) is 16.5. The molecule has 0 radical (unpaired) electrons. The lowest BCUT2D eigenvalue weighted by atomic mass is 10.1. The Hall–Kier alpha value is -2.83. The zero-order valence-corrected chi connectivity index (χ0v) is 17.0. The normalized spacial score (nSPS) is 17.9. The molecule has 0 saturated carbocycles. The third kappa shape index (κ3) is 4.83. The van der Waals surface area contributed by atoms with Gasteiger partial charge in [-0.3, -0.25) is 0 Å². The molecule has 2 aromatic carbocycles. The Kier molecular flexibility index (Phi) is 6.35. The number of rotatable bonds is 7. The minimum absolute atomic E-state index is 0.150. The molecule has 2 aromatic rings. The topological polar surface area (TPSA) is 47.6 Å². The number of benzene rings is 2. The van der Waals surface area contributed by atoms with Crippen LogP contribution in [0.15, 0.2) is 42.5 Å². The van der Waals surface area contributed by atoms with E-state index in [0.29, 0.717) is 24.7 Å². The molecule has 160 valence electrons. The Bertz CT molecular complexity index is 891. The van der Waals surface area contributed by atoms with Crippen molar-refractivity contribution in [2.45, 2.75) is 19.3 Å². The molecule has 2 heterocycles. The maximum absolute atomic E-state index is 13.4. The number of anilines is 2. The van der Waals surface area contributed by atoms with Gasteiger partial charge >= 0.3 is 6.03 Å². The minimum Gasteiger partial charge on any atom is -0.371 e. The largest absolute Gasteiger partial charge is 0.371 e. The predicted octanol–water partition coefficient (Wildman–Crippen LogP) is 3.54. The first-order valence-electron chi connectivity index (χ1n) is 10.6. The number of nitrogens with one attached hydrogen (secondary N) is 2. The van der Waals surface area contributed by atoms with Gasteiger partial charge in [-0.15, -0.1) is 0 Å². The molecule has 4 rings (SSSR count). The summed E-state index contributed by atoms with van der Waals surface area (Å²) in [6.07, 6.45) is 2.90. The van der Waals surface area contributed by atoms with Crippen molar-refractivity contribution in [3.8, 4) is 0 Å². The molecule has 2 N–H and O–H groups in total. The third-order valence-corrected chi connectivity index (χ3v) is 5.98. The fourth-order valence-corrected chi connectivity index (χ4v) is 4.33. The van der Waals surface area contributed by atoms with Gasteiger partial charge in [0.1, 0.15) is 0 Å². The number of carbonyl (C=O) groups excluding carboxylic acids is 1. The number of hydrogen-bond donors (Lipinski definition) is 2. The molecular formula is C23H28F2N4O. The first-order valence-corrected chi connectivity index (χ1v) is 10.6. The van der Waals surface area contributed by atoms with Crippen molar-refractivity contribution in [3.05, 3.63) is 59.7 Å². The van der Waals surface area contributed by atoms with Gasteiger partial charge in [0.2, 0.25) is 0 Å². The first-order chi connectivity index (χ1) is 14.6. The summed E-state index contributed by atoms with van der Waals surface area (Å²) < 4.78 is 26.5. The molecule has 5 nitrogen and oxygen atoms in total. The highest BCUT2D eigenvalue weighted by molar-refractivity contribution is 5.73. The summed E-state index contributed by atoms with van der Waals surface area (Å²) >= 11 is 0. The quantitative estimate of drug-likeness (QED) is 0.682. The molecular weight excluding hydrogens is 386 g/mol. The molecule has 1 saturated heterocycles. The van der Waals surface area contributed by atoms with E-state index >= 15 is 0 Å². The lowest BCUT2D eigenvalue weighted by molar-refractivity contribution is 0.239. The Balaban J connectivity index is 1.12. The molecule has 0 aliphatic carbocycles. The van der Waals surface area contributed by atoms with Crippen molar-refractivity contribution in [1.82, 2.24) is 10.6 Å². The Labute approximate surface area is 176 Å². The van der Waals surface area contributed by atoms with Gasteiger partial charge in [0.25, 0.3) is 0 Å². The second-order valence-corrected chi connectivity index (χ2v) is 8.06. The summed E-state index contributed by atoms with van der Waals surface area (Å²) in [6.45, 7) is 4.68.